The Morgan fingerprint density at radius 3 is 2.15 bits per heavy atom. The topological polar surface area (TPSA) is 130 Å². The van der Waals surface area contributed by atoms with Crippen LogP contribution in [-0.2, 0) is 26.2 Å². The van der Waals surface area contributed by atoms with Gasteiger partial charge in [0.25, 0.3) is 0 Å². The first-order valence-electron chi connectivity index (χ1n) is 13.5. The Labute approximate surface area is 237 Å². The van der Waals surface area contributed by atoms with Crippen LogP contribution in [0, 0.1) is 0 Å². The minimum Gasteiger partial charge on any atom is -0.475 e. The maximum atomic E-state index is 13.5. The molecule has 2 aromatic carbocycles. The fourth-order valence-electron chi connectivity index (χ4n) is 5.26. The number of amides is 2. The number of likely N-dealkylation sites (tertiary alicyclic amines) is 1. The van der Waals surface area contributed by atoms with E-state index in [2.05, 4.69) is 23.5 Å². The molecule has 2 amide bonds. The molecule has 4 N–H and O–H groups in total. The molecule has 0 aromatic heterocycles. The predicted octanol–water partition coefficient (Wildman–Crippen LogP) is 4.01. The number of nitrogens with zero attached hydrogens (tertiary/aromatic N) is 1. The van der Waals surface area contributed by atoms with Gasteiger partial charge in [-0.2, -0.15) is 13.2 Å². The van der Waals surface area contributed by atoms with Crippen LogP contribution >= 0.6 is 0 Å². The van der Waals surface area contributed by atoms with E-state index in [4.69, 9.17) is 15.6 Å². The molecule has 0 unspecified atom stereocenters. The molecular weight excluding hydrogens is 539 g/mol. The minimum absolute atomic E-state index is 0.0573. The number of aryl methyl sites for hydroxylation is 1. The van der Waals surface area contributed by atoms with Crippen LogP contribution in [0.5, 0.6) is 0 Å². The van der Waals surface area contributed by atoms with Crippen molar-refractivity contribution in [3.8, 4) is 0 Å². The van der Waals surface area contributed by atoms with Crippen molar-refractivity contribution in [2.45, 2.75) is 75.5 Å². The van der Waals surface area contributed by atoms with E-state index < -0.39 is 23.7 Å². The number of nitrogens with two attached hydrogens (primary N) is 1. The zero-order valence-corrected chi connectivity index (χ0v) is 23.2. The molecule has 1 heterocycles. The van der Waals surface area contributed by atoms with Gasteiger partial charge < -0.3 is 21.1 Å². The lowest BCUT2D eigenvalue weighted by atomic mass is 9.73. The highest BCUT2D eigenvalue weighted by molar-refractivity contribution is 6.02. The number of benzene rings is 2. The molecule has 0 bridgehead atoms. The van der Waals surface area contributed by atoms with Crippen molar-refractivity contribution < 1.29 is 37.5 Å². The number of hydrogen-bond acceptors (Lipinski definition) is 5. The van der Waals surface area contributed by atoms with Gasteiger partial charge in [0.1, 0.15) is 6.04 Å². The number of hydrogen-bond donors (Lipinski definition) is 3. The standard InChI is InChI=1S/C28H35N3O3.C2HF3O2/c1-27(2,29)26(34)30-23(14-8-11-20-9-4-3-5-10-20)25(33)31-17-15-28(16-18-31)19-24(32)21-12-6-7-13-22(21)28;3-2(4,5)1(6)7/h3-7,9-10,12-13,23H,8,11,14-19,29H2,1-2H3,(H,30,34);(H,6,7)/t23-;/m1./s1. The maximum absolute atomic E-state index is 13.5. The molecule has 1 saturated heterocycles. The number of Topliss-reactive ketones (excluding diaryl/α,β-unsaturated/α-hetero) is 1. The van der Waals surface area contributed by atoms with E-state index in [-0.39, 0.29) is 23.0 Å². The Bertz CT molecular complexity index is 1250. The van der Waals surface area contributed by atoms with Crippen LogP contribution in [0.2, 0.25) is 0 Å². The number of carbonyl (C=O) groups is 4. The molecule has 1 spiro atoms. The van der Waals surface area contributed by atoms with Gasteiger partial charge in [-0.05, 0) is 57.1 Å². The van der Waals surface area contributed by atoms with Gasteiger partial charge in [-0.15, -0.1) is 0 Å². The molecule has 1 aliphatic carbocycles. The summed E-state index contributed by atoms with van der Waals surface area (Å²) in [6.45, 7) is 4.45. The van der Waals surface area contributed by atoms with Gasteiger partial charge in [0.05, 0.1) is 5.54 Å². The third kappa shape index (κ3) is 8.16. The summed E-state index contributed by atoms with van der Waals surface area (Å²) in [6, 6.07) is 17.4. The van der Waals surface area contributed by atoms with Crippen molar-refractivity contribution in [2.75, 3.05) is 13.1 Å². The smallest absolute Gasteiger partial charge is 0.475 e. The molecular formula is C30H36F3N3O5. The van der Waals surface area contributed by atoms with Crippen LogP contribution in [0.25, 0.3) is 0 Å². The van der Waals surface area contributed by atoms with Crippen molar-refractivity contribution in [2.24, 2.45) is 5.73 Å². The van der Waals surface area contributed by atoms with E-state index in [1.165, 1.54) is 5.56 Å². The molecule has 41 heavy (non-hydrogen) atoms. The number of carboxylic acids is 1. The summed E-state index contributed by atoms with van der Waals surface area (Å²) in [6.07, 6.45) is -0.867. The molecule has 11 heteroatoms. The Balaban J connectivity index is 0.000000587. The molecule has 0 radical (unpaired) electrons. The quantitative estimate of drug-likeness (QED) is 0.458. The Hall–Kier alpha value is -3.73. The van der Waals surface area contributed by atoms with Crippen LogP contribution < -0.4 is 11.1 Å². The molecule has 0 saturated carbocycles. The number of piperidine rings is 1. The number of carbonyl (C=O) groups excluding carboxylic acids is 3. The molecule has 1 atom stereocenters. The van der Waals surface area contributed by atoms with E-state index in [1.54, 1.807) is 13.8 Å². The minimum atomic E-state index is -5.08. The van der Waals surface area contributed by atoms with Crippen molar-refractivity contribution >= 4 is 23.6 Å². The second-order valence-corrected chi connectivity index (χ2v) is 11.2. The van der Waals surface area contributed by atoms with Crippen LogP contribution in [0.15, 0.2) is 54.6 Å². The van der Waals surface area contributed by atoms with Crippen LogP contribution in [0.3, 0.4) is 0 Å². The normalized spacial score (nSPS) is 16.8. The van der Waals surface area contributed by atoms with E-state index in [0.29, 0.717) is 25.9 Å². The Morgan fingerprint density at radius 1 is 1.02 bits per heavy atom. The fourth-order valence-corrected chi connectivity index (χ4v) is 5.26. The molecule has 8 nitrogen and oxygen atoms in total. The largest absolute Gasteiger partial charge is 0.490 e. The molecule has 2 aliphatic rings. The van der Waals surface area contributed by atoms with Gasteiger partial charge in [0.2, 0.25) is 11.8 Å². The lowest BCUT2D eigenvalue weighted by Gasteiger charge is -2.41. The van der Waals surface area contributed by atoms with Gasteiger partial charge in [-0.1, -0.05) is 54.6 Å². The third-order valence-electron chi connectivity index (χ3n) is 7.56. The van der Waals surface area contributed by atoms with Crippen LogP contribution in [0.4, 0.5) is 13.2 Å². The molecule has 4 rings (SSSR count). The average molecular weight is 576 g/mol. The number of fused-ring (bicyclic) bond motifs is 2. The number of carboxylic acid groups (broad SMARTS) is 1. The summed E-state index contributed by atoms with van der Waals surface area (Å²) in [5.41, 5.74) is 7.94. The summed E-state index contributed by atoms with van der Waals surface area (Å²) >= 11 is 0. The number of aliphatic carboxylic acids is 1. The van der Waals surface area contributed by atoms with Gasteiger partial charge in [-0.25, -0.2) is 4.79 Å². The fraction of sp³-hybridized carbons (Fsp3) is 0.467. The number of halogens is 3. The highest BCUT2D eigenvalue weighted by atomic mass is 19.4. The number of alkyl halides is 3. The monoisotopic (exact) mass is 575 g/mol. The lowest BCUT2D eigenvalue weighted by Crippen LogP contribution is -2.57. The van der Waals surface area contributed by atoms with Gasteiger partial charge in [-0.3, -0.25) is 14.4 Å². The summed E-state index contributed by atoms with van der Waals surface area (Å²) in [7, 11) is 0. The summed E-state index contributed by atoms with van der Waals surface area (Å²) < 4.78 is 31.7. The highest BCUT2D eigenvalue weighted by Gasteiger charge is 2.46. The SMILES string of the molecule is CC(C)(N)C(=O)N[C@H](CCCc1ccccc1)C(=O)N1CCC2(CC1)CC(=O)c1ccccc12.O=C(O)C(F)(F)F. The predicted molar refractivity (Wildman–Crippen MR) is 146 cm³/mol. The van der Waals surface area contributed by atoms with Crippen LogP contribution in [0.1, 0.15) is 67.4 Å². The van der Waals surface area contributed by atoms with E-state index >= 15 is 0 Å². The van der Waals surface area contributed by atoms with Crippen molar-refractivity contribution in [3.63, 3.8) is 0 Å². The molecule has 1 aliphatic heterocycles. The summed E-state index contributed by atoms with van der Waals surface area (Å²) in [5.74, 6) is -2.94. The number of nitrogens with one attached hydrogen (secondary N) is 1. The second kappa shape index (κ2) is 12.8. The van der Waals surface area contributed by atoms with E-state index in [9.17, 15) is 27.6 Å². The van der Waals surface area contributed by atoms with Crippen molar-refractivity contribution in [3.05, 3.63) is 71.3 Å². The lowest BCUT2D eigenvalue weighted by molar-refractivity contribution is -0.192. The van der Waals surface area contributed by atoms with Gasteiger partial charge in [0, 0.05) is 30.5 Å². The van der Waals surface area contributed by atoms with Crippen LogP contribution in [-0.4, -0.2) is 64.4 Å². The molecule has 1 fully saturated rings. The molecule has 222 valence electrons. The first-order chi connectivity index (χ1) is 19.1. The zero-order valence-electron chi connectivity index (χ0n) is 23.2. The highest BCUT2D eigenvalue weighted by Crippen LogP contribution is 2.46. The van der Waals surface area contributed by atoms with Gasteiger partial charge in [0.15, 0.2) is 5.78 Å². The average Bonchev–Trinajstić information content (AvgIpc) is 3.19. The Kier molecular flexibility index (Phi) is 9.96. The number of ketones is 1. The third-order valence-corrected chi connectivity index (χ3v) is 7.56. The van der Waals surface area contributed by atoms with Crippen molar-refractivity contribution in [1.29, 1.82) is 0 Å². The zero-order chi connectivity index (χ0) is 30.4. The first-order valence-corrected chi connectivity index (χ1v) is 13.5. The summed E-state index contributed by atoms with van der Waals surface area (Å²) in [5, 5.41) is 10.0. The van der Waals surface area contributed by atoms with E-state index in [1.807, 2.05) is 41.3 Å². The Morgan fingerprint density at radius 2 is 1.59 bits per heavy atom. The molecule has 2 aromatic rings. The second-order valence-electron chi connectivity index (χ2n) is 11.2. The summed E-state index contributed by atoms with van der Waals surface area (Å²) in [4.78, 5) is 49.5. The maximum Gasteiger partial charge on any atom is 0.490 e. The van der Waals surface area contributed by atoms with Gasteiger partial charge >= 0.3 is 12.1 Å². The van der Waals surface area contributed by atoms with Crippen molar-refractivity contribution in [1.82, 2.24) is 10.2 Å². The first kappa shape index (κ1) is 31.8. The van der Waals surface area contributed by atoms with E-state index in [0.717, 1.165) is 36.8 Å². The number of rotatable bonds is 7.